The third kappa shape index (κ3) is 5.22. The van der Waals surface area contributed by atoms with E-state index in [-0.39, 0.29) is 16.7 Å². The van der Waals surface area contributed by atoms with Crippen LogP contribution in [0.1, 0.15) is 43.7 Å². The van der Waals surface area contributed by atoms with Crippen molar-refractivity contribution in [2.75, 3.05) is 31.1 Å². The van der Waals surface area contributed by atoms with E-state index in [1.807, 2.05) is 23.1 Å². The SMILES string of the molecule is CCN(CCCNS(=O)(=O)c1ccc2c(c1)CCN2C(=O)C1CCC1)Cc1ccccc1. The Morgan fingerprint density at radius 2 is 1.94 bits per heavy atom. The first-order valence-electron chi connectivity index (χ1n) is 11.7. The van der Waals surface area contributed by atoms with Gasteiger partial charge in [-0.25, -0.2) is 13.1 Å². The van der Waals surface area contributed by atoms with Crippen molar-refractivity contribution >= 4 is 21.6 Å². The van der Waals surface area contributed by atoms with Gasteiger partial charge in [-0.2, -0.15) is 0 Å². The highest BCUT2D eigenvalue weighted by Gasteiger charge is 2.33. The number of sulfonamides is 1. The molecule has 1 aliphatic heterocycles. The number of benzene rings is 2. The Hall–Kier alpha value is -2.22. The van der Waals surface area contributed by atoms with Crippen LogP contribution in [0, 0.1) is 5.92 Å². The summed E-state index contributed by atoms with van der Waals surface area (Å²) in [6.45, 7) is 5.79. The molecule has 4 rings (SSSR count). The molecule has 6 nitrogen and oxygen atoms in total. The molecular formula is C25H33N3O3S. The number of fused-ring (bicyclic) bond motifs is 1. The van der Waals surface area contributed by atoms with Crippen LogP contribution in [0.15, 0.2) is 53.4 Å². The number of carbonyl (C=O) groups is 1. The summed E-state index contributed by atoms with van der Waals surface area (Å²) in [5.74, 6) is 0.343. The van der Waals surface area contributed by atoms with Crippen molar-refractivity contribution in [1.82, 2.24) is 9.62 Å². The van der Waals surface area contributed by atoms with E-state index in [4.69, 9.17) is 0 Å². The maximum Gasteiger partial charge on any atom is 0.240 e. The van der Waals surface area contributed by atoms with Gasteiger partial charge >= 0.3 is 0 Å². The first-order valence-corrected chi connectivity index (χ1v) is 13.2. The van der Waals surface area contributed by atoms with Gasteiger partial charge in [-0.1, -0.05) is 43.7 Å². The maximum atomic E-state index is 12.8. The van der Waals surface area contributed by atoms with Crippen LogP contribution in [0.3, 0.4) is 0 Å². The summed E-state index contributed by atoms with van der Waals surface area (Å²) >= 11 is 0. The Morgan fingerprint density at radius 1 is 1.16 bits per heavy atom. The number of hydrogen-bond acceptors (Lipinski definition) is 4. The highest BCUT2D eigenvalue weighted by Crippen LogP contribution is 2.35. The van der Waals surface area contributed by atoms with E-state index in [9.17, 15) is 13.2 Å². The summed E-state index contributed by atoms with van der Waals surface area (Å²) in [5, 5.41) is 0. The molecule has 2 aromatic carbocycles. The van der Waals surface area contributed by atoms with Gasteiger partial charge in [-0.3, -0.25) is 9.69 Å². The van der Waals surface area contributed by atoms with E-state index >= 15 is 0 Å². The van der Waals surface area contributed by atoms with Crippen LogP contribution in [-0.4, -0.2) is 45.4 Å². The van der Waals surface area contributed by atoms with Crippen LogP contribution in [0.4, 0.5) is 5.69 Å². The molecule has 1 fully saturated rings. The molecule has 0 atom stereocenters. The predicted molar refractivity (Wildman–Crippen MR) is 127 cm³/mol. The number of carbonyl (C=O) groups excluding carboxylic acids is 1. The number of nitrogens with zero attached hydrogens (tertiary/aromatic N) is 2. The third-order valence-corrected chi connectivity index (χ3v) is 8.08. The summed E-state index contributed by atoms with van der Waals surface area (Å²) in [5.41, 5.74) is 3.08. The molecule has 0 saturated heterocycles. The van der Waals surface area contributed by atoms with E-state index in [0.717, 1.165) is 56.6 Å². The second-order valence-corrected chi connectivity index (χ2v) is 10.5. The highest BCUT2D eigenvalue weighted by molar-refractivity contribution is 7.89. The third-order valence-electron chi connectivity index (χ3n) is 6.62. The predicted octanol–water partition coefficient (Wildman–Crippen LogP) is 3.57. The molecule has 0 spiro atoms. The number of rotatable bonds is 10. The second-order valence-electron chi connectivity index (χ2n) is 8.76. The average molecular weight is 456 g/mol. The van der Waals surface area contributed by atoms with E-state index in [0.29, 0.717) is 19.5 Å². The van der Waals surface area contributed by atoms with Crippen molar-refractivity contribution in [3.8, 4) is 0 Å². The summed E-state index contributed by atoms with van der Waals surface area (Å²) in [4.78, 5) is 17.1. The number of amides is 1. The molecular weight excluding hydrogens is 422 g/mol. The molecule has 1 saturated carbocycles. The maximum absolute atomic E-state index is 12.8. The monoisotopic (exact) mass is 455 g/mol. The fraction of sp³-hybridized carbons (Fsp3) is 0.480. The second kappa shape index (κ2) is 10.1. The molecule has 2 aromatic rings. The molecule has 32 heavy (non-hydrogen) atoms. The van der Waals surface area contributed by atoms with Gasteiger partial charge in [0.2, 0.25) is 15.9 Å². The zero-order chi connectivity index (χ0) is 22.6. The molecule has 2 aliphatic rings. The fourth-order valence-electron chi connectivity index (χ4n) is 4.43. The van der Waals surface area contributed by atoms with Crippen molar-refractivity contribution in [2.24, 2.45) is 5.92 Å². The number of anilines is 1. The van der Waals surface area contributed by atoms with Gasteiger partial charge in [-0.05, 0) is 68.1 Å². The zero-order valence-electron chi connectivity index (χ0n) is 18.8. The van der Waals surface area contributed by atoms with E-state index < -0.39 is 10.0 Å². The number of hydrogen-bond donors (Lipinski definition) is 1. The van der Waals surface area contributed by atoms with Crippen LogP contribution < -0.4 is 9.62 Å². The van der Waals surface area contributed by atoms with Gasteiger partial charge in [0.1, 0.15) is 0 Å². The molecule has 0 bridgehead atoms. The minimum absolute atomic E-state index is 0.149. The fourth-order valence-corrected chi connectivity index (χ4v) is 5.56. The summed E-state index contributed by atoms with van der Waals surface area (Å²) in [7, 11) is -3.56. The number of nitrogens with one attached hydrogen (secondary N) is 1. The smallest absolute Gasteiger partial charge is 0.240 e. The molecule has 1 amide bonds. The summed E-state index contributed by atoms with van der Waals surface area (Å²) in [6.07, 6.45) is 4.53. The van der Waals surface area contributed by atoms with Crippen LogP contribution >= 0.6 is 0 Å². The Morgan fingerprint density at radius 3 is 2.62 bits per heavy atom. The normalized spacial score (nSPS) is 16.2. The van der Waals surface area contributed by atoms with Crippen molar-refractivity contribution in [2.45, 2.75) is 50.5 Å². The minimum atomic E-state index is -3.56. The van der Waals surface area contributed by atoms with Gasteiger partial charge in [0.05, 0.1) is 4.90 Å². The Balaban J connectivity index is 1.30. The first kappa shape index (κ1) is 23.0. The van der Waals surface area contributed by atoms with Gasteiger partial charge < -0.3 is 4.90 Å². The van der Waals surface area contributed by atoms with E-state index in [1.165, 1.54) is 5.56 Å². The van der Waals surface area contributed by atoms with Gasteiger partial charge in [-0.15, -0.1) is 0 Å². The largest absolute Gasteiger partial charge is 0.312 e. The van der Waals surface area contributed by atoms with Crippen molar-refractivity contribution < 1.29 is 13.2 Å². The van der Waals surface area contributed by atoms with Crippen LogP contribution in [0.2, 0.25) is 0 Å². The van der Waals surface area contributed by atoms with Crippen LogP contribution in [0.25, 0.3) is 0 Å². The molecule has 1 aliphatic carbocycles. The van der Waals surface area contributed by atoms with Crippen LogP contribution in [0.5, 0.6) is 0 Å². The van der Waals surface area contributed by atoms with Gasteiger partial charge in [0.25, 0.3) is 0 Å². The molecule has 7 heteroatoms. The lowest BCUT2D eigenvalue weighted by molar-refractivity contribution is -0.124. The van der Waals surface area contributed by atoms with Crippen molar-refractivity contribution in [3.63, 3.8) is 0 Å². The van der Waals surface area contributed by atoms with Crippen molar-refractivity contribution in [1.29, 1.82) is 0 Å². The average Bonchev–Trinajstić information content (AvgIpc) is 3.18. The van der Waals surface area contributed by atoms with E-state index in [1.54, 1.807) is 18.2 Å². The molecule has 1 N–H and O–H groups in total. The highest BCUT2D eigenvalue weighted by atomic mass is 32.2. The van der Waals surface area contributed by atoms with Crippen molar-refractivity contribution in [3.05, 3.63) is 59.7 Å². The Kier molecular flexibility index (Phi) is 7.28. The quantitative estimate of drug-likeness (QED) is 0.556. The van der Waals surface area contributed by atoms with Crippen LogP contribution in [-0.2, 0) is 27.8 Å². The lowest BCUT2D eigenvalue weighted by Crippen LogP contribution is -2.37. The molecule has 0 radical (unpaired) electrons. The molecule has 1 heterocycles. The summed E-state index contributed by atoms with van der Waals surface area (Å²) < 4.78 is 28.4. The standard InChI is InChI=1S/C25H33N3O3S/c1-2-27(19-20-8-4-3-5-9-20)16-7-15-26-32(30,31)23-12-13-24-22(18-23)14-17-28(24)25(29)21-10-6-11-21/h3-5,8-9,12-13,18,21,26H,2,6-7,10-11,14-17,19H2,1H3. The molecule has 0 unspecified atom stereocenters. The van der Waals surface area contributed by atoms with Gasteiger partial charge in [0, 0.05) is 31.2 Å². The minimum Gasteiger partial charge on any atom is -0.312 e. The molecule has 0 aromatic heterocycles. The van der Waals surface area contributed by atoms with Gasteiger partial charge in [0.15, 0.2) is 0 Å². The lowest BCUT2D eigenvalue weighted by Gasteiger charge is -2.29. The summed E-state index contributed by atoms with van der Waals surface area (Å²) in [6, 6.07) is 15.5. The topological polar surface area (TPSA) is 69.7 Å². The Bertz CT molecular complexity index is 1040. The molecule has 172 valence electrons. The first-order chi connectivity index (χ1) is 15.5. The Labute approximate surface area is 191 Å². The van der Waals surface area contributed by atoms with E-state index in [2.05, 4.69) is 28.7 Å². The lowest BCUT2D eigenvalue weighted by atomic mass is 9.84. The zero-order valence-corrected chi connectivity index (χ0v) is 19.6.